The van der Waals surface area contributed by atoms with Crippen molar-refractivity contribution in [2.75, 3.05) is 5.32 Å². The molecule has 162 valence electrons. The van der Waals surface area contributed by atoms with Gasteiger partial charge in [-0.05, 0) is 47.5 Å². The van der Waals surface area contributed by atoms with Crippen molar-refractivity contribution in [2.24, 2.45) is 0 Å². The third-order valence-electron chi connectivity index (χ3n) is 4.33. The molecule has 3 rings (SSSR count). The highest BCUT2D eigenvalue weighted by atomic mass is 32.2. The van der Waals surface area contributed by atoms with E-state index in [2.05, 4.69) is 14.8 Å². The quantitative estimate of drug-likeness (QED) is 0.540. The highest BCUT2D eigenvalue weighted by Gasteiger charge is 2.23. The zero-order valence-electron chi connectivity index (χ0n) is 16.5. The normalized spacial score (nSPS) is 12.4. The number of benzene rings is 3. The molecule has 0 saturated carbocycles. The molecule has 1 atom stereocenters. The summed E-state index contributed by atoms with van der Waals surface area (Å²) in [6.45, 7) is -1.59. The summed E-state index contributed by atoms with van der Waals surface area (Å²) in [6, 6.07) is 19.6. The molecule has 3 aromatic carbocycles. The number of halogens is 2. The average molecular weight is 446 g/mol. The van der Waals surface area contributed by atoms with Crippen LogP contribution in [0.1, 0.15) is 24.1 Å². The van der Waals surface area contributed by atoms with E-state index >= 15 is 0 Å². The van der Waals surface area contributed by atoms with E-state index in [-0.39, 0.29) is 16.6 Å². The maximum absolute atomic E-state index is 13.0. The monoisotopic (exact) mass is 446 g/mol. The summed E-state index contributed by atoms with van der Waals surface area (Å²) in [6.07, 6.45) is 0. The molecule has 9 heteroatoms. The first-order valence-corrected chi connectivity index (χ1v) is 10.7. The van der Waals surface area contributed by atoms with E-state index in [1.807, 2.05) is 0 Å². The van der Waals surface area contributed by atoms with Crippen LogP contribution in [-0.2, 0) is 14.8 Å². The van der Waals surface area contributed by atoms with Crippen molar-refractivity contribution in [1.82, 2.24) is 4.72 Å². The minimum Gasteiger partial charge on any atom is -0.435 e. The van der Waals surface area contributed by atoms with Gasteiger partial charge in [-0.1, -0.05) is 42.5 Å². The number of sulfonamides is 1. The molecule has 3 aromatic rings. The Kier molecular flexibility index (Phi) is 6.98. The number of alkyl halides is 2. The molecule has 0 spiro atoms. The van der Waals surface area contributed by atoms with Crippen LogP contribution in [0.5, 0.6) is 5.75 Å². The molecule has 0 aliphatic carbocycles. The van der Waals surface area contributed by atoms with Gasteiger partial charge in [-0.25, -0.2) is 8.42 Å². The molecule has 1 amide bonds. The third-order valence-corrected chi connectivity index (χ3v) is 5.77. The second-order valence-electron chi connectivity index (χ2n) is 6.62. The largest absolute Gasteiger partial charge is 0.435 e. The smallest absolute Gasteiger partial charge is 0.387 e. The Labute approximate surface area is 178 Å². The van der Waals surface area contributed by atoms with Gasteiger partial charge in [-0.2, -0.15) is 13.5 Å². The summed E-state index contributed by atoms with van der Waals surface area (Å²) in [5, 5.41) is 2.58. The van der Waals surface area contributed by atoms with E-state index in [0.29, 0.717) is 16.8 Å². The lowest BCUT2D eigenvalue weighted by atomic mass is 10.00. The first-order chi connectivity index (χ1) is 14.7. The molecule has 0 aromatic heterocycles. The Morgan fingerprint density at radius 2 is 1.45 bits per heavy atom. The molecule has 0 aliphatic rings. The van der Waals surface area contributed by atoms with Gasteiger partial charge in [-0.15, -0.1) is 0 Å². The highest BCUT2D eigenvalue weighted by Crippen LogP contribution is 2.27. The van der Waals surface area contributed by atoms with Crippen molar-refractivity contribution >= 4 is 21.6 Å². The van der Waals surface area contributed by atoms with Crippen LogP contribution in [0.25, 0.3) is 0 Å². The number of amides is 1. The Morgan fingerprint density at radius 1 is 0.871 bits per heavy atom. The molecule has 2 N–H and O–H groups in total. The summed E-state index contributed by atoms with van der Waals surface area (Å²) in [4.78, 5) is 11.2. The molecule has 31 heavy (non-hydrogen) atoms. The third kappa shape index (κ3) is 6.09. The Bertz CT molecular complexity index is 1120. The van der Waals surface area contributed by atoms with Crippen molar-refractivity contribution < 1.29 is 26.7 Å². The summed E-state index contributed by atoms with van der Waals surface area (Å²) in [5.74, 6) is -0.292. The molecule has 0 unspecified atom stereocenters. The SMILES string of the molecule is CC(=O)Nc1ccc(S(=O)(=O)N[C@@H](c2ccccc2)c2ccc(OC(F)F)cc2)cc1. The number of anilines is 1. The minimum atomic E-state index is -3.94. The molecule has 0 heterocycles. The van der Waals surface area contributed by atoms with Crippen LogP contribution < -0.4 is 14.8 Å². The molecule has 0 fully saturated rings. The number of carbonyl (C=O) groups excluding carboxylic acids is 1. The predicted molar refractivity (Wildman–Crippen MR) is 112 cm³/mol. The van der Waals surface area contributed by atoms with Gasteiger partial charge in [0.1, 0.15) is 5.75 Å². The number of hydrogen-bond acceptors (Lipinski definition) is 4. The molecule has 0 saturated heterocycles. The van der Waals surface area contributed by atoms with Crippen LogP contribution in [0.15, 0.2) is 83.8 Å². The zero-order chi connectivity index (χ0) is 22.4. The van der Waals surface area contributed by atoms with Crippen LogP contribution in [0, 0.1) is 0 Å². The average Bonchev–Trinajstić information content (AvgIpc) is 2.73. The molecular formula is C22H20F2N2O4S. The predicted octanol–water partition coefficient (Wildman–Crippen LogP) is 4.31. The summed E-state index contributed by atoms with van der Waals surface area (Å²) in [5.41, 5.74) is 1.69. The maximum Gasteiger partial charge on any atom is 0.387 e. The Morgan fingerprint density at radius 3 is 2.00 bits per heavy atom. The number of ether oxygens (including phenoxy) is 1. The van der Waals surface area contributed by atoms with E-state index in [1.54, 1.807) is 30.3 Å². The number of hydrogen-bond donors (Lipinski definition) is 2. The van der Waals surface area contributed by atoms with Crippen LogP contribution >= 0.6 is 0 Å². The fraction of sp³-hybridized carbons (Fsp3) is 0.136. The number of carbonyl (C=O) groups is 1. The summed E-state index contributed by atoms with van der Waals surface area (Å²) < 4.78 is 57.9. The topological polar surface area (TPSA) is 84.5 Å². The fourth-order valence-corrected chi connectivity index (χ4v) is 4.17. The first kappa shape index (κ1) is 22.4. The molecule has 0 bridgehead atoms. The van der Waals surface area contributed by atoms with Gasteiger partial charge in [0, 0.05) is 12.6 Å². The van der Waals surface area contributed by atoms with Crippen molar-refractivity contribution in [3.8, 4) is 5.75 Å². The second-order valence-corrected chi connectivity index (χ2v) is 8.33. The lowest BCUT2D eigenvalue weighted by Gasteiger charge is -2.20. The number of rotatable bonds is 8. The van der Waals surface area contributed by atoms with Gasteiger partial charge >= 0.3 is 6.61 Å². The van der Waals surface area contributed by atoms with Crippen LogP contribution in [0.2, 0.25) is 0 Å². The minimum absolute atomic E-state index is 0.0141. The number of nitrogens with one attached hydrogen (secondary N) is 2. The standard InChI is InChI=1S/C22H20F2N2O4S/c1-15(27)25-18-9-13-20(14-10-18)31(28,29)26-21(16-5-3-2-4-6-16)17-7-11-19(12-8-17)30-22(23)24/h2-14,21-22,26H,1H3,(H,25,27)/t21-/m0/s1. The van der Waals surface area contributed by atoms with E-state index in [4.69, 9.17) is 0 Å². The van der Waals surface area contributed by atoms with Crippen molar-refractivity contribution in [3.63, 3.8) is 0 Å². The van der Waals surface area contributed by atoms with Gasteiger partial charge in [0.15, 0.2) is 0 Å². The lowest BCUT2D eigenvalue weighted by Crippen LogP contribution is -2.29. The zero-order valence-corrected chi connectivity index (χ0v) is 17.3. The summed E-state index contributed by atoms with van der Waals surface area (Å²) in [7, 11) is -3.94. The molecular weight excluding hydrogens is 426 g/mol. The van der Waals surface area contributed by atoms with Gasteiger partial charge < -0.3 is 10.1 Å². The second kappa shape index (κ2) is 9.67. The Hall–Kier alpha value is -3.30. The lowest BCUT2D eigenvalue weighted by molar-refractivity contribution is -0.114. The highest BCUT2D eigenvalue weighted by molar-refractivity contribution is 7.89. The van der Waals surface area contributed by atoms with Crippen LogP contribution in [0.3, 0.4) is 0 Å². The van der Waals surface area contributed by atoms with Crippen molar-refractivity contribution in [1.29, 1.82) is 0 Å². The van der Waals surface area contributed by atoms with Gasteiger partial charge in [-0.3, -0.25) is 4.79 Å². The van der Waals surface area contributed by atoms with Gasteiger partial charge in [0.2, 0.25) is 15.9 Å². The van der Waals surface area contributed by atoms with Gasteiger partial charge in [0.05, 0.1) is 10.9 Å². The first-order valence-electron chi connectivity index (χ1n) is 9.24. The van der Waals surface area contributed by atoms with Crippen molar-refractivity contribution in [3.05, 3.63) is 90.0 Å². The van der Waals surface area contributed by atoms with E-state index in [9.17, 15) is 22.0 Å². The maximum atomic E-state index is 13.0. The van der Waals surface area contributed by atoms with E-state index in [1.165, 1.54) is 55.5 Å². The van der Waals surface area contributed by atoms with E-state index < -0.39 is 22.7 Å². The molecule has 6 nitrogen and oxygen atoms in total. The molecule has 0 radical (unpaired) electrons. The molecule has 0 aliphatic heterocycles. The van der Waals surface area contributed by atoms with Crippen molar-refractivity contribution in [2.45, 2.75) is 24.5 Å². The van der Waals surface area contributed by atoms with Crippen LogP contribution in [-0.4, -0.2) is 20.9 Å². The van der Waals surface area contributed by atoms with E-state index in [0.717, 1.165) is 0 Å². The fourth-order valence-electron chi connectivity index (χ4n) is 2.96. The Balaban J connectivity index is 1.90. The van der Waals surface area contributed by atoms with Crippen LogP contribution in [0.4, 0.5) is 14.5 Å². The summed E-state index contributed by atoms with van der Waals surface area (Å²) >= 11 is 0. The van der Waals surface area contributed by atoms with Gasteiger partial charge in [0.25, 0.3) is 0 Å².